The molecule has 0 aliphatic carbocycles. The number of aromatic carboxylic acids is 1. The summed E-state index contributed by atoms with van der Waals surface area (Å²) in [6, 6.07) is 12.9. The SMILES string of the molecule is Cc1ccc(N2C(=O)S[C@@H](Nc3ccc(C(=O)[O-])cc3)C2=O)cc1. The predicted molar refractivity (Wildman–Crippen MR) is 89.8 cm³/mol. The van der Waals surface area contributed by atoms with Crippen molar-refractivity contribution < 1.29 is 19.5 Å². The molecule has 0 unspecified atom stereocenters. The van der Waals surface area contributed by atoms with Gasteiger partial charge >= 0.3 is 0 Å². The zero-order valence-corrected chi connectivity index (χ0v) is 13.5. The molecule has 1 N–H and O–H groups in total. The van der Waals surface area contributed by atoms with Gasteiger partial charge in [0.15, 0.2) is 5.37 Å². The highest BCUT2D eigenvalue weighted by Crippen LogP contribution is 2.32. The molecule has 2 aromatic carbocycles. The van der Waals surface area contributed by atoms with Gasteiger partial charge in [0.2, 0.25) is 0 Å². The quantitative estimate of drug-likeness (QED) is 0.915. The molecule has 0 spiro atoms. The maximum absolute atomic E-state index is 12.5. The fraction of sp³-hybridized carbons (Fsp3) is 0.118. The van der Waals surface area contributed by atoms with Crippen LogP contribution >= 0.6 is 11.8 Å². The van der Waals surface area contributed by atoms with Gasteiger partial charge in [-0.3, -0.25) is 9.59 Å². The molecule has 1 atom stereocenters. The molecule has 0 bridgehead atoms. The number of rotatable bonds is 4. The number of nitrogens with one attached hydrogen (secondary N) is 1. The number of carbonyl (C=O) groups excluding carboxylic acids is 3. The molecule has 6 nitrogen and oxygen atoms in total. The van der Waals surface area contributed by atoms with Crippen LogP contribution in [0.25, 0.3) is 0 Å². The summed E-state index contributed by atoms with van der Waals surface area (Å²) in [6.45, 7) is 1.92. The summed E-state index contributed by atoms with van der Waals surface area (Å²) in [5.74, 6) is -1.63. The summed E-state index contributed by atoms with van der Waals surface area (Å²) in [5.41, 5.74) is 2.15. The second-order valence-electron chi connectivity index (χ2n) is 5.28. The highest BCUT2D eigenvalue weighted by Gasteiger charge is 2.40. The lowest BCUT2D eigenvalue weighted by Gasteiger charge is -2.15. The Morgan fingerprint density at radius 2 is 1.71 bits per heavy atom. The Labute approximate surface area is 142 Å². The van der Waals surface area contributed by atoms with E-state index in [9.17, 15) is 19.5 Å². The average molecular weight is 341 g/mol. The first-order valence-corrected chi connectivity index (χ1v) is 8.03. The van der Waals surface area contributed by atoms with Gasteiger partial charge in [0.05, 0.1) is 11.7 Å². The number of carbonyl (C=O) groups is 3. The van der Waals surface area contributed by atoms with E-state index in [1.807, 2.05) is 19.1 Å². The standard InChI is InChI=1S/C17H14N2O4S/c1-10-2-8-13(9-3-10)19-15(20)14(24-17(19)23)18-12-6-4-11(5-7-12)16(21)22/h2-9,14,18H,1H3,(H,21,22)/p-1/t14-/m1/s1. The largest absolute Gasteiger partial charge is 0.545 e. The topological polar surface area (TPSA) is 89.5 Å². The van der Waals surface area contributed by atoms with Crippen molar-refractivity contribution in [2.24, 2.45) is 0 Å². The van der Waals surface area contributed by atoms with Gasteiger partial charge in [-0.05, 0) is 48.5 Å². The van der Waals surface area contributed by atoms with Crippen LogP contribution in [0.15, 0.2) is 48.5 Å². The molecule has 1 aliphatic rings. The molecule has 0 saturated carbocycles. The van der Waals surface area contributed by atoms with Crippen molar-refractivity contribution in [3.05, 3.63) is 59.7 Å². The van der Waals surface area contributed by atoms with Crippen molar-refractivity contribution in [2.75, 3.05) is 10.2 Å². The van der Waals surface area contributed by atoms with Gasteiger partial charge in [-0.15, -0.1) is 0 Å². The minimum atomic E-state index is -1.27. The summed E-state index contributed by atoms with van der Waals surface area (Å²) in [5, 5.41) is 12.6. The minimum Gasteiger partial charge on any atom is -0.545 e. The van der Waals surface area contributed by atoms with Crippen LogP contribution in [0, 0.1) is 6.92 Å². The Morgan fingerprint density at radius 1 is 1.08 bits per heavy atom. The number of aryl methyl sites for hydroxylation is 1. The summed E-state index contributed by atoms with van der Waals surface area (Å²) < 4.78 is 0. The Hall–Kier alpha value is -2.80. The summed E-state index contributed by atoms with van der Waals surface area (Å²) in [4.78, 5) is 36.5. The maximum atomic E-state index is 12.5. The Balaban J connectivity index is 1.76. The van der Waals surface area contributed by atoms with Crippen LogP contribution in [0.1, 0.15) is 15.9 Å². The normalized spacial score (nSPS) is 17.2. The fourth-order valence-electron chi connectivity index (χ4n) is 2.28. The number of imide groups is 1. The van der Waals surface area contributed by atoms with Crippen LogP contribution < -0.4 is 15.3 Å². The molecule has 7 heteroatoms. The zero-order valence-electron chi connectivity index (χ0n) is 12.7. The van der Waals surface area contributed by atoms with Crippen molar-refractivity contribution in [1.82, 2.24) is 0 Å². The van der Waals surface area contributed by atoms with Gasteiger partial charge in [-0.2, -0.15) is 0 Å². The van der Waals surface area contributed by atoms with Crippen LogP contribution in [0.3, 0.4) is 0 Å². The Kier molecular flexibility index (Phi) is 4.26. The van der Waals surface area contributed by atoms with E-state index in [2.05, 4.69) is 5.32 Å². The summed E-state index contributed by atoms with van der Waals surface area (Å²) >= 11 is 0.884. The van der Waals surface area contributed by atoms with E-state index >= 15 is 0 Å². The van der Waals surface area contributed by atoms with E-state index in [0.29, 0.717) is 11.4 Å². The van der Waals surface area contributed by atoms with Crippen LogP contribution in [0.4, 0.5) is 16.2 Å². The van der Waals surface area contributed by atoms with Crippen LogP contribution in [0.2, 0.25) is 0 Å². The third kappa shape index (κ3) is 3.11. The maximum Gasteiger partial charge on any atom is 0.295 e. The Morgan fingerprint density at radius 3 is 2.29 bits per heavy atom. The molecule has 1 heterocycles. The van der Waals surface area contributed by atoms with Crippen LogP contribution in [-0.2, 0) is 4.79 Å². The number of hydrogen-bond acceptors (Lipinski definition) is 6. The molecule has 1 saturated heterocycles. The molecule has 2 aromatic rings. The average Bonchev–Trinajstić information content (AvgIpc) is 2.83. The molecule has 1 fully saturated rings. The third-order valence-electron chi connectivity index (χ3n) is 3.56. The van der Waals surface area contributed by atoms with Gasteiger partial charge in [-0.1, -0.05) is 29.8 Å². The van der Waals surface area contributed by atoms with Crippen molar-refractivity contribution in [1.29, 1.82) is 0 Å². The fourth-order valence-corrected chi connectivity index (χ4v) is 3.19. The Bertz CT molecular complexity index is 802. The van der Waals surface area contributed by atoms with Crippen LogP contribution in [0.5, 0.6) is 0 Å². The van der Waals surface area contributed by atoms with E-state index in [0.717, 1.165) is 22.2 Å². The van der Waals surface area contributed by atoms with Gasteiger partial charge in [0, 0.05) is 5.69 Å². The second-order valence-corrected chi connectivity index (χ2v) is 6.34. The molecular formula is C17H13N2O4S-. The van der Waals surface area contributed by atoms with Gasteiger partial charge in [-0.25, -0.2) is 4.90 Å². The second kappa shape index (κ2) is 6.37. The predicted octanol–water partition coefficient (Wildman–Crippen LogP) is 2.00. The van der Waals surface area contributed by atoms with Crippen LogP contribution in [-0.4, -0.2) is 22.5 Å². The number of amides is 2. The van der Waals surface area contributed by atoms with Crippen molar-refractivity contribution in [3.8, 4) is 0 Å². The molecular weight excluding hydrogens is 328 g/mol. The molecule has 122 valence electrons. The monoisotopic (exact) mass is 341 g/mol. The molecule has 0 radical (unpaired) electrons. The number of nitrogens with zero attached hydrogens (tertiary/aromatic N) is 1. The molecule has 1 aliphatic heterocycles. The molecule has 0 aromatic heterocycles. The first kappa shape index (κ1) is 16.1. The summed E-state index contributed by atoms with van der Waals surface area (Å²) in [7, 11) is 0. The highest BCUT2D eigenvalue weighted by atomic mass is 32.2. The minimum absolute atomic E-state index is 0.0447. The van der Waals surface area contributed by atoms with Crippen molar-refractivity contribution in [2.45, 2.75) is 12.3 Å². The number of benzene rings is 2. The first-order chi connectivity index (χ1) is 11.5. The lowest BCUT2D eigenvalue weighted by Crippen LogP contribution is -2.34. The number of anilines is 2. The number of thioether (sulfide) groups is 1. The zero-order chi connectivity index (χ0) is 17.3. The lowest BCUT2D eigenvalue weighted by molar-refractivity contribution is -0.255. The van der Waals surface area contributed by atoms with E-state index in [-0.39, 0.29) is 16.7 Å². The smallest absolute Gasteiger partial charge is 0.295 e. The number of carboxylic acids is 1. The number of carboxylic acid groups (broad SMARTS) is 1. The molecule has 3 rings (SSSR count). The van der Waals surface area contributed by atoms with E-state index in [1.165, 1.54) is 24.3 Å². The molecule has 24 heavy (non-hydrogen) atoms. The van der Waals surface area contributed by atoms with Gasteiger partial charge in [0.1, 0.15) is 0 Å². The number of hydrogen-bond donors (Lipinski definition) is 1. The third-order valence-corrected chi connectivity index (χ3v) is 4.50. The summed E-state index contributed by atoms with van der Waals surface area (Å²) in [6.07, 6.45) is 0. The van der Waals surface area contributed by atoms with Gasteiger partial charge < -0.3 is 15.2 Å². The van der Waals surface area contributed by atoms with Gasteiger partial charge in [0.25, 0.3) is 11.1 Å². The van der Waals surface area contributed by atoms with Crippen molar-refractivity contribution >= 4 is 40.3 Å². The molecule has 2 amide bonds. The lowest BCUT2D eigenvalue weighted by atomic mass is 10.2. The van der Waals surface area contributed by atoms with Crippen molar-refractivity contribution in [3.63, 3.8) is 0 Å². The van der Waals surface area contributed by atoms with E-state index in [1.54, 1.807) is 12.1 Å². The van der Waals surface area contributed by atoms with E-state index < -0.39 is 11.3 Å². The van der Waals surface area contributed by atoms with E-state index in [4.69, 9.17) is 0 Å². The first-order valence-electron chi connectivity index (χ1n) is 7.15. The highest BCUT2D eigenvalue weighted by molar-refractivity contribution is 8.16.